The maximum atomic E-state index is 13.6. The van der Waals surface area contributed by atoms with Gasteiger partial charge in [-0.2, -0.15) is 8.42 Å². The predicted octanol–water partition coefficient (Wildman–Crippen LogP) is 1.11. The molecule has 1 aromatic carbocycles. The number of H-pyrrole nitrogens is 1. The molecule has 2 aromatic heterocycles. The van der Waals surface area contributed by atoms with Gasteiger partial charge in [-0.3, -0.25) is 18.8 Å². The van der Waals surface area contributed by atoms with Crippen molar-refractivity contribution in [2.45, 2.75) is 0 Å². The van der Waals surface area contributed by atoms with Gasteiger partial charge in [0.15, 0.2) is 5.82 Å². The summed E-state index contributed by atoms with van der Waals surface area (Å²) in [6, 6.07) is 7.27. The van der Waals surface area contributed by atoms with Crippen molar-refractivity contribution in [1.82, 2.24) is 14.9 Å². The summed E-state index contributed by atoms with van der Waals surface area (Å²) < 4.78 is 127. The molecule has 3 aromatic rings. The van der Waals surface area contributed by atoms with Gasteiger partial charge in [0.2, 0.25) is 10.0 Å². The lowest BCUT2D eigenvalue weighted by Gasteiger charge is -2.35. The number of aromatic nitrogens is 2. The maximum absolute atomic E-state index is 13.6. The van der Waals surface area contributed by atoms with Gasteiger partial charge in [-0.1, -0.05) is 0 Å². The number of sulfonamides is 1. The summed E-state index contributed by atoms with van der Waals surface area (Å²) in [5, 5.41) is 0.238. The van der Waals surface area contributed by atoms with Gasteiger partial charge >= 0.3 is 10.3 Å². The summed E-state index contributed by atoms with van der Waals surface area (Å²) in [4.78, 5) is 19.6. The van der Waals surface area contributed by atoms with E-state index in [9.17, 15) is 26.2 Å². The average molecular weight is 503 g/mol. The number of carbonyl (C=O) groups excluding carboxylic acids is 1. The van der Waals surface area contributed by atoms with Crippen molar-refractivity contribution in [2.75, 3.05) is 46.6 Å². The van der Waals surface area contributed by atoms with Crippen LogP contribution in [-0.4, -0.2) is 74.4 Å². The number of hydrogen-bond acceptors (Lipinski definition) is 7. The van der Waals surface area contributed by atoms with Gasteiger partial charge in [0.1, 0.15) is 5.69 Å². The highest BCUT2D eigenvalue weighted by atomic mass is 32.2. The number of nitrogens with zero attached hydrogens (tertiary/aromatic N) is 3. The lowest BCUT2D eigenvalue weighted by molar-refractivity contribution is 0.0741. The summed E-state index contributed by atoms with van der Waals surface area (Å²) in [7, 11) is -8.66. The molecule has 1 aliphatic rings. The van der Waals surface area contributed by atoms with Crippen molar-refractivity contribution < 1.29 is 37.1 Å². The van der Waals surface area contributed by atoms with Crippen molar-refractivity contribution in [3.8, 4) is 0 Å². The third-order valence-electron chi connectivity index (χ3n) is 4.14. The molecule has 0 spiro atoms. The van der Waals surface area contributed by atoms with Gasteiger partial charge in [0.05, 0.1) is 22.9 Å². The Morgan fingerprint density at radius 3 is 2.52 bits per heavy atom. The summed E-state index contributed by atoms with van der Waals surface area (Å²) in [6.45, 7) is -14.5. The van der Waals surface area contributed by atoms with E-state index in [4.69, 9.17) is 11.0 Å². The van der Waals surface area contributed by atoms with Crippen LogP contribution >= 0.6 is 0 Å². The number of piperazine rings is 1. The SMILES string of the molecule is [2H]C1([2H])N(C(=O)c2cc3cc(NS(C)(=O)=O)ccc3[nH]2)C([2H])([2H])C([2H])([2H])N(c2ncccc2NS(=O)(=O)O)C1([2H])[2H]. The van der Waals surface area contributed by atoms with Crippen LogP contribution in [0.25, 0.3) is 10.9 Å². The minimum atomic E-state index is -5.01. The Morgan fingerprint density at radius 2 is 1.85 bits per heavy atom. The summed E-state index contributed by atoms with van der Waals surface area (Å²) in [5.74, 6) is -2.41. The van der Waals surface area contributed by atoms with Crippen molar-refractivity contribution in [3.63, 3.8) is 0 Å². The topological polar surface area (TPSA) is 165 Å². The molecule has 1 fully saturated rings. The van der Waals surface area contributed by atoms with Crippen molar-refractivity contribution in [2.24, 2.45) is 0 Å². The Morgan fingerprint density at radius 1 is 1.12 bits per heavy atom. The van der Waals surface area contributed by atoms with Crippen molar-refractivity contribution in [1.29, 1.82) is 0 Å². The third-order valence-corrected chi connectivity index (χ3v) is 5.23. The first-order valence-electron chi connectivity index (χ1n) is 13.0. The second kappa shape index (κ2) is 8.53. The molecule has 12 nitrogen and oxygen atoms in total. The Hall–Kier alpha value is -3.36. The van der Waals surface area contributed by atoms with Gasteiger partial charge in [-0.25, -0.2) is 13.4 Å². The molecule has 3 heterocycles. The highest BCUT2D eigenvalue weighted by Crippen LogP contribution is 2.26. The van der Waals surface area contributed by atoms with Gasteiger partial charge < -0.3 is 14.8 Å². The number of pyridine rings is 1. The van der Waals surface area contributed by atoms with Gasteiger partial charge in [-0.15, -0.1) is 0 Å². The molecule has 33 heavy (non-hydrogen) atoms. The molecular formula is C19H22N6O6S2. The van der Waals surface area contributed by atoms with Gasteiger partial charge in [0.25, 0.3) is 5.91 Å². The number of anilines is 3. The molecule has 0 aliphatic carbocycles. The Kier molecular flexibility index (Phi) is 3.81. The van der Waals surface area contributed by atoms with Gasteiger partial charge in [-0.05, 0) is 36.4 Å². The molecule has 0 unspecified atom stereocenters. The van der Waals surface area contributed by atoms with E-state index in [2.05, 4.69) is 14.7 Å². The number of carbonyl (C=O) groups is 1. The Bertz CT molecular complexity index is 1740. The first-order valence-corrected chi connectivity index (χ1v) is 12.3. The van der Waals surface area contributed by atoms with Crippen molar-refractivity contribution in [3.05, 3.63) is 48.3 Å². The normalized spacial score (nSPS) is 24.7. The predicted molar refractivity (Wildman–Crippen MR) is 124 cm³/mol. The quantitative estimate of drug-likeness (QED) is 0.364. The molecule has 14 heteroatoms. The van der Waals surface area contributed by atoms with E-state index >= 15 is 0 Å². The van der Waals surface area contributed by atoms with Crippen LogP contribution in [0, 0.1) is 0 Å². The largest absolute Gasteiger partial charge is 0.357 e. The second-order valence-electron chi connectivity index (χ2n) is 6.73. The van der Waals surface area contributed by atoms with Crippen LogP contribution in [0.3, 0.4) is 0 Å². The summed E-state index contributed by atoms with van der Waals surface area (Å²) >= 11 is 0. The smallest absolute Gasteiger partial charge is 0.351 e. The zero-order chi connectivity index (χ0) is 31.0. The highest BCUT2D eigenvalue weighted by molar-refractivity contribution is 7.92. The van der Waals surface area contributed by atoms with E-state index in [1.807, 2.05) is 0 Å². The van der Waals surface area contributed by atoms with E-state index < -0.39 is 69.4 Å². The van der Waals surface area contributed by atoms with Crippen LogP contribution in [0.15, 0.2) is 42.6 Å². The summed E-state index contributed by atoms with van der Waals surface area (Å²) in [6.07, 6.45) is 1.89. The number of nitrogens with one attached hydrogen (secondary N) is 3. The van der Waals surface area contributed by atoms with Crippen LogP contribution in [-0.2, 0) is 20.3 Å². The monoisotopic (exact) mass is 502 g/mol. The van der Waals surface area contributed by atoms with Crippen molar-refractivity contribution >= 4 is 54.3 Å². The zero-order valence-electron chi connectivity index (χ0n) is 24.7. The molecule has 1 amide bonds. The molecule has 0 bridgehead atoms. The zero-order valence-corrected chi connectivity index (χ0v) is 18.3. The van der Waals surface area contributed by atoms with Gasteiger partial charge in [0, 0.05) is 48.8 Å². The van der Waals surface area contributed by atoms with Crippen LogP contribution in [0.2, 0.25) is 0 Å². The summed E-state index contributed by atoms with van der Waals surface area (Å²) in [5.41, 5.74) is -0.818. The van der Waals surface area contributed by atoms with E-state index in [1.165, 1.54) is 18.2 Å². The fourth-order valence-electron chi connectivity index (χ4n) is 2.90. The Balaban J connectivity index is 1.84. The van der Waals surface area contributed by atoms with E-state index in [-0.39, 0.29) is 26.4 Å². The third kappa shape index (κ3) is 5.53. The minimum absolute atomic E-state index is 0.0777. The minimum Gasteiger partial charge on any atom is -0.351 e. The van der Waals surface area contributed by atoms with E-state index in [0.29, 0.717) is 0 Å². The lowest BCUT2D eigenvalue weighted by Crippen LogP contribution is -2.49. The molecule has 4 rings (SSSR count). The number of hydrogen-bond donors (Lipinski definition) is 4. The first-order chi connectivity index (χ1) is 18.5. The molecule has 1 saturated heterocycles. The van der Waals surface area contributed by atoms with E-state index in [0.717, 1.165) is 30.7 Å². The number of benzene rings is 1. The number of aromatic amines is 1. The molecule has 0 atom stereocenters. The molecule has 176 valence electrons. The molecule has 0 radical (unpaired) electrons. The second-order valence-corrected chi connectivity index (χ2v) is 9.64. The average Bonchev–Trinajstić information content (AvgIpc) is 3.20. The molecular weight excluding hydrogens is 472 g/mol. The van der Waals surface area contributed by atoms with Crippen LogP contribution in [0.4, 0.5) is 17.2 Å². The fraction of sp³-hybridized carbons (Fsp3) is 0.263. The molecule has 4 N–H and O–H groups in total. The maximum Gasteiger partial charge on any atom is 0.357 e. The number of fused-ring (bicyclic) bond motifs is 1. The van der Waals surface area contributed by atoms with E-state index in [1.54, 1.807) is 4.72 Å². The number of rotatable bonds is 6. The molecule has 1 aliphatic heterocycles. The standard InChI is InChI=1S/C19H22N6O6S2/c1-32(27,28)22-14-4-5-15-13(11-14)12-17(21-15)19(26)25-9-7-24(8-10-25)18-16(3-2-6-20-18)23-33(29,30)31/h2-6,11-12,21-23H,7-10H2,1H3,(H,29,30,31)/i7D2,8D2,9D2,10D2. The highest BCUT2D eigenvalue weighted by Gasteiger charge is 2.25. The molecule has 0 saturated carbocycles. The number of amides is 1. The van der Waals surface area contributed by atoms with Crippen LogP contribution < -0.4 is 14.3 Å². The lowest BCUT2D eigenvalue weighted by atomic mass is 10.2. The van der Waals surface area contributed by atoms with Crippen LogP contribution in [0.5, 0.6) is 0 Å². The fourth-order valence-corrected chi connectivity index (χ4v) is 3.90. The Labute approximate surface area is 201 Å². The van der Waals surface area contributed by atoms with Crippen LogP contribution in [0.1, 0.15) is 21.5 Å². The first kappa shape index (κ1) is 14.7.